The quantitative estimate of drug-likeness (QED) is 0.669. The first-order valence-corrected chi connectivity index (χ1v) is 6.19. The molecule has 0 bridgehead atoms. The fourth-order valence-corrected chi connectivity index (χ4v) is 2.03. The third-order valence-electron chi connectivity index (χ3n) is 2.92. The van der Waals surface area contributed by atoms with Gasteiger partial charge >= 0.3 is 0 Å². The fraction of sp³-hybridized carbons (Fsp3) is 0.0714. The minimum Gasteiger partial charge on any atom is -0.328 e. The topological polar surface area (TPSA) is 41.9 Å². The van der Waals surface area contributed by atoms with Gasteiger partial charge in [0.1, 0.15) is 5.82 Å². The van der Waals surface area contributed by atoms with Crippen molar-refractivity contribution >= 4 is 34.0 Å². The fourth-order valence-electron chi connectivity index (χ4n) is 1.89. The van der Waals surface area contributed by atoms with Crippen LogP contribution in [0.1, 0.15) is 0 Å². The Balaban J connectivity index is 2.04. The van der Waals surface area contributed by atoms with Gasteiger partial charge in [0.2, 0.25) is 5.28 Å². The molecule has 1 aromatic carbocycles. The largest absolute Gasteiger partial charge is 0.328 e. The number of hydrogen-bond donors (Lipinski definition) is 0. The van der Waals surface area contributed by atoms with Gasteiger partial charge in [0.05, 0.1) is 17.4 Å². The van der Waals surface area contributed by atoms with Crippen molar-refractivity contribution < 1.29 is 0 Å². The maximum absolute atomic E-state index is 5.81. The van der Waals surface area contributed by atoms with Crippen LogP contribution in [0.25, 0.3) is 10.9 Å². The van der Waals surface area contributed by atoms with Gasteiger partial charge in [0.25, 0.3) is 0 Å². The molecule has 2 heterocycles. The van der Waals surface area contributed by atoms with Gasteiger partial charge in [-0.3, -0.25) is 4.98 Å². The number of nitrogens with zero attached hydrogens (tertiary/aromatic N) is 4. The van der Waals surface area contributed by atoms with E-state index in [1.165, 1.54) is 0 Å². The smallest absolute Gasteiger partial charge is 0.224 e. The summed E-state index contributed by atoms with van der Waals surface area (Å²) < 4.78 is 0. The second-order valence-corrected chi connectivity index (χ2v) is 4.47. The molecule has 0 saturated carbocycles. The van der Waals surface area contributed by atoms with E-state index in [9.17, 15) is 0 Å². The molecular formula is C14H11ClN4. The highest BCUT2D eigenvalue weighted by molar-refractivity contribution is 6.28. The zero-order valence-corrected chi connectivity index (χ0v) is 11.0. The molecule has 5 heteroatoms. The van der Waals surface area contributed by atoms with Crippen LogP contribution in [0.3, 0.4) is 0 Å². The van der Waals surface area contributed by atoms with Crippen LogP contribution in [-0.4, -0.2) is 22.0 Å². The zero-order valence-electron chi connectivity index (χ0n) is 10.3. The predicted octanol–water partition coefficient (Wildman–Crippen LogP) is 3.45. The Morgan fingerprint density at radius 1 is 1.11 bits per heavy atom. The number of anilines is 2. The monoisotopic (exact) mass is 270 g/mol. The number of fused-ring (bicyclic) bond motifs is 1. The van der Waals surface area contributed by atoms with Crippen molar-refractivity contribution in [3.05, 3.63) is 54.1 Å². The predicted molar refractivity (Wildman–Crippen MR) is 76.8 cm³/mol. The average Bonchev–Trinajstić information content (AvgIpc) is 2.46. The van der Waals surface area contributed by atoms with Crippen LogP contribution in [0.15, 0.2) is 48.8 Å². The van der Waals surface area contributed by atoms with Gasteiger partial charge in [-0.15, -0.1) is 0 Å². The van der Waals surface area contributed by atoms with Crippen molar-refractivity contribution in [2.45, 2.75) is 0 Å². The van der Waals surface area contributed by atoms with Crippen molar-refractivity contribution in [1.82, 2.24) is 15.0 Å². The molecule has 94 valence electrons. The van der Waals surface area contributed by atoms with Gasteiger partial charge in [-0.1, -0.05) is 18.2 Å². The molecule has 3 rings (SSSR count). The van der Waals surface area contributed by atoms with Crippen molar-refractivity contribution in [3.63, 3.8) is 0 Å². The van der Waals surface area contributed by atoms with Crippen LogP contribution < -0.4 is 4.90 Å². The molecule has 3 aromatic rings. The molecule has 19 heavy (non-hydrogen) atoms. The van der Waals surface area contributed by atoms with Crippen LogP contribution in [0.5, 0.6) is 0 Å². The summed E-state index contributed by atoms with van der Waals surface area (Å²) in [6.45, 7) is 0. The van der Waals surface area contributed by atoms with Crippen LogP contribution in [0.4, 0.5) is 11.5 Å². The van der Waals surface area contributed by atoms with Gasteiger partial charge in [0.15, 0.2) is 0 Å². The molecule has 0 amide bonds. The van der Waals surface area contributed by atoms with E-state index in [4.69, 9.17) is 11.6 Å². The molecule has 0 N–H and O–H groups in total. The van der Waals surface area contributed by atoms with Crippen molar-refractivity contribution in [1.29, 1.82) is 0 Å². The van der Waals surface area contributed by atoms with Crippen LogP contribution in [-0.2, 0) is 0 Å². The lowest BCUT2D eigenvalue weighted by atomic mass is 10.2. The normalized spacial score (nSPS) is 10.6. The van der Waals surface area contributed by atoms with Crippen molar-refractivity contribution in [3.8, 4) is 0 Å². The summed E-state index contributed by atoms with van der Waals surface area (Å²) in [5.74, 6) is 0.733. The average molecular weight is 271 g/mol. The van der Waals surface area contributed by atoms with Gasteiger partial charge in [-0.05, 0) is 29.8 Å². The Morgan fingerprint density at radius 3 is 2.79 bits per heavy atom. The second-order valence-electron chi connectivity index (χ2n) is 4.13. The van der Waals surface area contributed by atoms with Crippen LogP contribution >= 0.6 is 11.6 Å². The Morgan fingerprint density at radius 2 is 1.95 bits per heavy atom. The number of pyridine rings is 1. The number of aromatic nitrogens is 3. The molecule has 2 aromatic heterocycles. The number of benzene rings is 1. The summed E-state index contributed by atoms with van der Waals surface area (Å²) in [7, 11) is 1.92. The standard InChI is InChI=1S/C14H11ClN4/c1-19(13-6-7-16-14(15)18-13)11-8-10-4-2-3-5-12(10)17-9-11/h2-9H,1H3. The summed E-state index contributed by atoms with van der Waals surface area (Å²) in [6, 6.07) is 11.9. The van der Waals surface area contributed by atoms with E-state index >= 15 is 0 Å². The van der Waals surface area contributed by atoms with Gasteiger partial charge in [0, 0.05) is 18.6 Å². The summed E-state index contributed by atoms with van der Waals surface area (Å²) in [4.78, 5) is 14.4. The molecule has 0 fully saturated rings. The number of rotatable bonds is 2. The molecule has 0 aliphatic heterocycles. The molecule has 0 saturated heterocycles. The van der Waals surface area contributed by atoms with E-state index in [1.54, 1.807) is 12.3 Å². The summed E-state index contributed by atoms with van der Waals surface area (Å²) in [5.41, 5.74) is 1.92. The van der Waals surface area contributed by atoms with Crippen LogP contribution in [0, 0.1) is 0 Å². The second kappa shape index (κ2) is 4.82. The van der Waals surface area contributed by atoms with Gasteiger partial charge < -0.3 is 4.90 Å². The van der Waals surface area contributed by atoms with E-state index in [0.717, 1.165) is 22.4 Å². The highest BCUT2D eigenvalue weighted by Crippen LogP contribution is 2.24. The third kappa shape index (κ3) is 2.35. The van der Waals surface area contributed by atoms with Crippen molar-refractivity contribution in [2.24, 2.45) is 0 Å². The lowest BCUT2D eigenvalue weighted by Crippen LogP contribution is -2.11. The SMILES string of the molecule is CN(c1cnc2ccccc2c1)c1ccnc(Cl)n1. The lowest BCUT2D eigenvalue weighted by Gasteiger charge is -2.18. The number of para-hydroxylation sites is 1. The highest BCUT2D eigenvalue weighted by atomic mass is 35.5. The summed E-state index contributed by atoms with van der Waals surface area (Å²) in [6.07, 6.45) is 3.45. The molecule has 0 aliphatic carbocycles. The van der Waals surface area contributed by atoms with Crippen LogP contribution in [0.2, 0.25) is 5.28 Å². The third-order valence-corrected chi connectivity index (χ3v) is 3.10. The summed E-state index contributed by atoms with van der Waals surface area (Å²) >= 11 is 5.81. The highest BCUT2D eigenvalue weighted by Gasteiger charge is 2.07. The Kier molecular flexibility index (Phi) is 3.01. The minimum atomic E-state index is 0.234. The molecule has 0 radical (unpaired) electrons. The Labute approximate surface area is 115 Å². The molecule has 4 nitrogen and oxygen atoms in total. The van der Waals surface area contributed by atoms with Crippen molar-refractivity contribution in [2.75, 3.05) is 11.9 Å². The maximum atomic E-state index is 5.81. The van der Waals surface area contributed by atoms with E-state index in [-0.39, 0.29) is 5.28 Å². The zero-order chi connectivity index (χ0) is 13.2. The summed E-state index contributed by atoms with van der Waals surface area (Å²) in [5, 5.41) is 1.32. The first-order chi connectivity index (χ1) is 9.24. The number of hydrogen-bond acceptors (Lipinski definition) is 4. The van der Waals surface area contributed by atoms with Gasteiger partial charge in [-0.2, -0.15) is 0 Å². The van der Waals surface area contributed by atoms with E-state index in [0.29, 0.717) is 0 Å². The molecule has 0 spiro atoms. The lowest BCUT2D eigenvalue weighted by molar-refractivity contribution is 1.08. The minimum absolute atomic E-state index is 0.234. The molecule has 0 aliphatic rings. The van der Waals surface area contributed by atoms with E-state index in [2.05, 4.69) is 21.0 Å². The molecular weight excluding hydrogens is 260 g/mol. The van der Waals surface area contributed by atoms with E-state index < -0.39 is 0 Å². The molecule has 0 unspecified atom stereocenters. The van der Waals surface area contributed by atoms with E-state index in [1.807, 2.05) is 42.4 Å². The number of halogens is 1. The first kappa shape index (κ1) is 11.9. The first-order valence-electron chi connectivity index (χ1n) is 5.81. The maximum Gasteiger partial charge on any atom is 0.224 e. The molecule has 0 atom stereocenters. The van der Waals surface area contributed by atoms with Gasteiger partial charge in [-0.25, -0.2) is 9.97 Å². The Hall–Kier alpha value is -2.20. The Bertz CT molecular complexity index is 729.